The Morgan fingerprint density at radius 2 is 1.90 bits per heavy atom. The van der Waals surface area contributed by atoms with E-state index in [2.05, 4.69) is 23.8 Å². The molecule has 0 radical (unpaired) electrons. The Labute approximate surface area is 245 Å². The molecule has 0 spiro atoms. The lowest BCUT2D eigenvalue weighted by atomic mass is 9.76. The number of nitrogens with zero attached hydrogens (tertiary/aromatic N) is 4. The molecular formula is C30H38N4O6S. The number of fused-ring (bicyclic) bond motifs is 1. The van der Waals surface area contributed by atoms with Crippen molar-refractivity contribution in [3.8, 4) is 11.5 Å². The molecule has 0 aromatic heterocycles. The van der Waals surface area contributed by atoms with Gasteiger partial charge in [-0.3, -0.25) is 9.59 Å². The highest BCUT2D eigenvalue weighted by molar-refractivity contribution is 8.14. The minimum atomic E-state index is -0.793. The molecule has 2 aromatic carbocycles. The van der Waals surface area contributed by atoms with Crippen LogP contribution in [0.1, 0.15) is 62.5 Å². The number of carbonyl (C=O) groups is 3. The van der Waals surface area contributed by atoms with Gasteiger partial charge in [-0.15, -0.1) is 5.01 Å². The second kappa shape index (κ2) is 12.5. The summed E-state index contributed by atoms with van der Waals surface area (Å²) < 4.78 is 10.6. The van der Waals surface area contributed by atoms with Crippen molar-refractivity contribution in [1.82, 2.24) is 9.91 Å². The van der Waals surface area contributed by atoms with E-state index in [1.165, 1.54) is 19.2 Å². The molecule has 10 nitrogen and oxygen atoms in total. The number of carbonyl (C=O) groups excluding carboxylic acids is 3. The third-order valence-electron chi connectivity index (χ3n) is 7.69. The number of rotatable bonds is 8. The number of aromatic hydroxyl groups is 1. The Morgan fingerprint density at radius 1 is 1.17 bits per heavy atom. The highest BCUT2D eigenvalue weighted by atomic mass is 32.2. The maximum atomic E-state index is 13.6. The molecule has 0 saturated heterocycles. The van der Waals surface area contributed by atoms with E-state index in [0.29, 0.717) is 24.4 Å². The number of hydrogen-bond donors (Lipinski definition) is 1. The van der Waals surface area contributed by atoms with Gasteiger partial charge in [-0.25, -0.2) is 4.79 Å². The molecule has 41 heavy (non-hydrogen) atoms. The average Bonchev–Trinajstić information content (AvgIpc) is 2.95. The molecule has 1 unspecified atom stereocenters. The van der Waals surface area contributed by atoms with E-state index >= 15 is 0 Å². The number of hydrogen-bond acceptors (Lipinski definition) is 9. The normalized spacial score (nSPS) is 18.2. The standard InChI is InChI=1S/C30H38N4O6S/c1-7-32(8-2)15-16-40-28(37)34-29(38)41-19(3)26(31-34)20-9-11-23-22(17-20)30(4,5)13-14-33(23)27(36)21-10-12-24(35)25(18-21)39-6/h9-12,17-19,35H,7-8,13-16H2,1-6H3. The summed E-state index contributed by atoms with van der Waals surface area (Å²) in [6, 6.07) is 10.3. The number of imide groups is 1. The largest absolute Gasteiger partial charge is 0.504 e. The zero-order valence-electron chi connectivity index (χ0n) is 24.5. The number of thioether (sulfide) groups is 1. The molecule has 4 rings (SSSR count). The van der Waals surface area contributed by atoms with Crippen LogP contribution in [0.2, 0.25) is 0 Å². The fraction of sp³-hybridized carbons (Fsp3) is 0.467. The molecule has 0 aliphatic carbocycles. The first-order chi connectivity index (χ1) is 19.5. The lowest BCUT2D eigenvalue weighted by Gasteiger charge is -2.39. The van der Waals surface area contributed by atoms with Gasteiger partial charge >= 0.3 is 11.3 Å². The average molecular weight is 583 g/mol. The maximum absolute atomic E-state index is 13.6. The highest BCUT2D eigenvalue weighted by Gasteiger charge is 2.37. The fourth-order valence-electron chi connectivity index (χ4n) is 5.05. The molecule has 1 N–H and O–H groups in total. The fourth-order valence-corrected chi connectivity index (χ4v) is 5.87. The molecule has 3 amide bonds. The number of anilines is 1. The van der Waals surface area contributed by atoms with Crippen molar-refractivity contribution in [3.05, 3.63) is 53.1 Å². The van der Waals surface area contributed by atoms with Crippen LogP contribution in [0.3, 0.4) is 0 Å². The summed E-state index contributed by atoms with van der Waals surface area (Å²) in [7, 11) is 1.44. The molecule has 1 atom stereocenters. The van der Waals surface area contributed by atoms with E-state index in [1.54, 1.807) is 11.0 Å². The summed E-state index contributed by atoms with van der Waals surface area (Å²) in [6.45, 7) is 13.2. The number of hydrazone groups is 1. The van der Waals surface area contributed by atoms with Gasteiger partial charge in [0, 0.05) is 24.3 Å². The van der Waals surface area contributed by atoms with E-state index in [9.17, 15) is 19.5 Å². The van der Waals surface area contributed by atoms with Gasteiger partial charge in [-0.2, -0.15) is 5.10 Å². The van der Waals surface area contributed by atoms with Crippen molar-refractivity contribution in [2.24, 2.45) is 5.10 Å². The third-order valence-corrected chi connectivity index (χ3v) is 8.64. The van der Waals surface area contributed by atoms with Crippen LogP contribution in [0.4, 0.5) is 15.3 Å². The second-order valence-corrected chi connectivity index (χ2v) is 12.0. The molecule has 2 heterocycles. The van der Waals surface area contributed by atoms with Crippen LogP contribution >= 0.6 is 11.8 Å². The van der Waals surface area contributed by atoms with Crippen molar-refractivity contribution >= 4 is 40.4 Å². The molecule has 2 aliphatic rings. The Bertz CT molecular complexity index is 1360. The van der Waals surface area contributed by atoms with Crippen molar-refractivity contribution < 1.29 is 29.0 Å². The minimum absolute atomic E-state index is 0.0329. The van der Waals surface area contributed by atoms with Crippen LogP contribution in [0.15, 0.2) is 41.5 Å². The quantitative estimate of drug-likeness (QED) is 0.436. The van der Waals surface area contributed by atoms with Gasteiger partial charge in [-0.1, -0.05) is 45.5 Å². The van der Waals surface area contributed by atoms with E-state index in [-0.39, 0.29) is 34.7 Å². The van der Waals surface area contributed by atoms with Crippen LogP contribution < -0.4 is 9.64 Å². The Morgan fingerprint density at radius 3 is 2.59 bits per heavy atom. The van der Waals surface area contributed by atoms with Gasteiger partial charge in [0.25, 0.3) is 5.91 Å². The molecule has 2 aliphatic heterocycles. The number of likely N-dealkylation sites (N-methyl/N-ethyl adjacent to an activating group) is 1. The van der Waals surface area contributed by atoms with Crippen LogP contribution in [-0.2, 0) is 10.2 Å². The summed E-state index contributed by atoms with van der Waals surface area (Å²) in [4.78, 5) is 42.9. The topological polar surface area (TPSA) is 112 Å². The minimum Gasteiger partial charge on any atom is -0.504 e. The third kappa shape index (κ3) is 6.36. The summed E-state index contributed by atoms with van der Waals surface area (Å²) >= 11 is 1.02. The van der Waals surface area contributed by atoms with Crippen molar-refractivity contribution in [1.29, 1.82) is 0 Å². The van der Waals surface area contributed by atoms with Crippen molar-refractivity contribution in [2.45, 2.75) is 51.7 Å². The van der Waals surface area contributed by atoms with E-state index in [1.807, 2.05) is 39.0 Å². The molecule has 220 valence electrons. The van der Waals surface area contributed by atoms with Gasteiger partial charge in [0.05, 0.1) is 18.1 Å². The predicted molar refractivity (Wildman–Crippen MR) is 160 cm³/mol. The molecule has 0 fully saturated rings. The highest BCUT2D eigenvalue weighted by Crippen LogP contribution is 2.42. The van der Waals surface area contributed by atoms with Gasteiger partial charge < -0.3 is 24.4 Å². The van der Waals surface area contributed by atoms with Gasteiger partial charge in [0.1, 0.15) is 6.61 Å². The Kier molecular flexibility index (Phi) is 9.28. The molecule has 2 aromatic rings. The number of benzene rings is 2. The van der Waals surface area contributed by atoms with Crippen molar-refractivity contribution in [2.75, 3.05) is 44.8 Å². The molecule has 0 bridgehead atoms. The molecule has 11 heteroatoms. The zero-order valence-corrected chi connectivity index (χ0v) is 25.3. The lowest BCUT2D eigenvalue weighted by Crippen LogP contribution is -2.42. The van der Waals surface area contributed by atoms with Gasteiger partial charge in [0.15, 0.2) is 11.5 Å². The van der Waals surface area contributed by atoms with Crippen LogP contribution in [-0.4, -0.2) is 83.1 Å². The Balaban J connectivity index is 1.63. The van der Waals surface area contributed by atoms with Crippen LogP contribution in [0.5, 0.6) is 11.5 Å². The van der Waals surface area contributed by atoms with E-state index in [0.717, 1.165) is 53.1 Å². The monoisotopic (exact) mass is 582 g/mol. The van der Waals surface area contributed by atoms with E-state index in [4.69, 9.17) is 9.47 Å². The number of phenolic OH excluding ortho intramolecular Hbond substituents is 1. The number of methoxy groups -OCH3 is 1. The summed E-state index contributed by atoms with van der Waals surface area (Å²) in [5.41, 5.74) is 3.27. The molecule has 0 saturated carbocycles. The Hall–Kier alpha value is -3.57. The zero-order chi connectivity index (χ0) is 29.9. The first kappa shape index (κ1) is 30.4. The second-order valence-electron chi connectivity index (χ2n) is 10.7. The van der Waals surface area contributed by atoms with E-state index < -0.39 is 11.3 Å². The maximum Gasteiger partial charge on any atom is 0.438 e. The van der Waals surface area contributed by atoms with Crippen LogP contribution in [0, 0.1) is 0 Å². The predicted octanol–water partition coefficient (Wildman–Crippen LogP) is 5.47. The van der Waals surface area contributed by atoms with Crippen molar-refractivity contribution in [3.63, 3.8) is 0 Å². The summed E-state index contributed by atoms with van der Waals surface area (Å²) in [5.74, 6) is 0.00149. The van der Waals surface area contributed by atoms with Crippen LogP contribution in [0.25, 0.3) is 0 Å². The SMILES string of the molecule is CCN(CC)CCOC(=O)N1N=C(c2ccc3c(c2)C(C)(C)CCN3C(=O)c2ccc(O)c(OC)c2)C(C)SC1=O. The van der Waals surface area contributed by atoms with Gasteiger partial charge in [0.2, 0.25) is 0 Å². The smallest absolute Gasteiger partial charge is 0.438 e. The number of ether oxygens (including phenoxy) is 2. The lowest BCUT2D eigenvalue weighted by molar-refractivity contribution is 0.0980. The first-order valence-corrected chi connectivity index (χ1v) is 14.7. The number of phenols is 1. The molecular weight excluding hydrogens is 544 g/mol. The summed E-state index contributed by atoms with van der Waals surface area (Å²) in [6.07, 6.45) is -0.0663. The summed E-state index contributed by atoms with van der Waals surface area (Å²) in [5, 5.41) is 14.5. The first-order valence-electron chi connectivity index (χ1n) is 13.8. The number of amides is 3. The van der Waals surface area contributed by atoms with Gasteiger partial charge in [-0.05, 0) is 73.3 Å².